The molecule has 2 aromatic rings. The highest BCUT2D eigenvalue weighted by Crippen LogP contribution is 2.39. The largest absolute Gasteiger partial charge is 0.496 e. The van der Waals surface area contributed by atoms with Gasteiger partial charge in [0.05, 0.1) is 12.8 Å². The molecule has 0 spiro atoms. The minimum Gasteiger partial charge on any atom is -0.496 e. The second kappa shape index (κ2) is 8.90. The van der Waals surface area contributed by atoms with Crippen molar-refractivity contribution in [2.24, 2.45) is 17.8 Å². The van der Waals surface area contributed by atoms with Gasteiger partial charge in [0.15, 0.2) is 0 Å². The molecule has 3 fully saturated rings. The van der Waals surface area contributed by atoms with Gasteiger partial charge in [0, 0.05) is 44.5 Å². The number of hydrogen-bond donors (Lipinski definition) is 1. The van der Waals surface area contributed by atoms with Crippen LogP contribution in [0.4, 0.5) is 5.82 Å². The molecule has 3 heterocycles. The van der Waals surface area contributed by atoms with Gasteiger partial charge < -0.3 is 19.7 Å². The predicted molar refractivity (Wildman–Crippen MR) is 118 cm³/mol. The molecule has 0 amide bonds. The van der Waals surface area contributed by atoms with Crippen molar-refractivity contribution in [3.05, 3.63) is 36.4 Å². The maximum absolute atomic E-state index is 5.51. The van der Waals surface area contributed by atoms with Crippen molar-refractivity contribution in [2.45, 2.75) is 31.7 Å². The molecule has 2 atom stereocenters. The summed E-state index contributed by atoms with van der Waals surface area (Å²) in [5.74, 6) is 4.17. The number of para-hydroxylation sites is 1. The maximum Gasteiger partial charge on any atom is 0.148 e. The van der Waals surface area contributed by atoms with Crippen LogP contribution in [0.5, 0.6) is 5.75 Å². The molecular formula is C24H32N4O2. The molecule has 0 bridgehead atoms. The number of likely N-dealkylation sites (tertiary alicyclic amines) is 1. The van der Waals surface area contributed by atoms with Crippen molar-refractivity contribution >= 4 is 5.82 Å². The number of nitrogens with one attached hydrogen (secondary N) is 1. The Bertz CT molecular complexity index is 823. The van der Waals surface area contributed by atoms with Crippen LogP contribution in [0.2, 0.25) is 0 Å². The molecule has 5 rings (SSSR count). The predicted octanol–water partition coefficient (Wildman–Crippen LogP) is 3.70. The first kappa shape index (κ1) is 19.8. The molecule has 2 aliphatic heterocycles. The molecule has 0 radical (unpaired) electrons. The molecule has 1 saturated carbocycles. The van der Waals surface area contributed by atoms with E-state index in [4.69, 9.17) is 9.47 Å². The summed E-state index contributed by atoms with van der Waals surface area (Å²) in [5.41, 5.74) is 1.81. The van der Waals surface area contributed by atoms with E-state index in [9.17, 15) is 0 Å². The van der Waals surface area contributed by atoms with Crippen LogP contribution < -0.4 is 10.1 Å². The van der Waals surface area contributed by atoms with Gasteiger partial charge in [-0.15, -0.1) is 10.2 Å². The monoisotopic (exact) mass is 408 g/mol. The van der Waals surface area contributed by atoms with Crippen LogP contribution >= 0.6 is 0 Å². The third-order valence-corrected chi connectivity index (χ3v) is 7.08. The first-order valence-electron chi connectivity index (χ1n) is 11.3. The lowest BCUT2D eigenvalue weighted by Gasteiger charge is -2.27. The highest BCUT2D eigenvalue weighted by Gasteiger charge is 2.41. The van der Waals surface area contributed by atoms with Crippen LogP contribution in [0.15, 0.2) is 36.4 Å². The molecule has 3 aliphatic rings. The van der Waals surface area contributed by atoms with Gasteiger partial charge in [0.2, 0.25) is 0 Å². The molecule has 30 heavy (non-hydrogen) atoms. The Labute approximate surface area is 179 Å². The van der Waals surface area contributed by atoms with Gasteiger partial charge in [-0.1, -0.05) is 12.1 Å². The van der Waals surface area contributed by atoms with Crippen molar-refractivity contribution in [2.75, 3.05) is 45.3 Å². The molecular weight excluding hydrogens is 376 g/mol. The second-order valence-corrected chi connectivity index (χ2v) is 9.11. The van der Waals surface area contributed by atoms with Crippen molar-refractivity contribution < 1.29 is 9.47 Å². The van der Waals surface area contributed by atoms with Crippen LogP contribution in [0.3, 0.4) is 0 Å². The Morgan fingerprint density at radius 3 is 2.50 bits per heavy atom. The number of aromatic nitrogens is 2. The number of rotatable bonds is 6. The minimum atomic E-state index is 0.511. The Morgan fingerprint density at radius 1 is 1.03 bits per heavy atom. The van der Waals surface area contributed by atoms with E-state index in [1.807, 2.05) is 36.4 Å². The first-order valence-corrected chi connectivity index (χ1v) is 11.3. The van der Waals surface area contributed by atoms with E-state index in [0.717, 1.165) is 53.8 Å². The average molecular weight is 409 g/mol. The zero-order valence-corrected chi connectivity index (χ0v) is 17.8. The van der Waals surface area contributed by atoms with Gasteiger partial charge >= 0.3 is 0 Å². The quantitative estimate of drug-likeness (QED) is 0.787. The van der Waals surface area contributed by atoms with Gasteiger partial charge in [-0.2, -0.15) is 0 Å². The molecule has 6 nitrogen and oxygen atoms in total. The molecule has 160 valence electrons. The Kier molecular flexibility index (Phi) is 5.86. The van der Waals surface area contributed by atoms with Gasteiger partial charge in [-0.3, -0.25) is 0 Å². The third-order valence-electron chi connectivity index (χ3n) is 7.08. The summed E-state index contributed by atoms with van der Waals surface area (Å²) < 4.78 is 11.0. The Morgan fingerprint density at radius 2 is 1.80 bits per heavy atom. The van der Waals surface area contributed by atoms with Crippen molar-refractivity contribution in [3.63, 3.8) is 0 Å². The number of benzene rings is 1. The summed E-state index contributed by atoms with van der Waals surface area (Å²) in [4.78, 5) is 2.71. The van der Waals surface area contributed by atoms with Crippen molar-refractivity contribution in [3.8, 4) is 17.0 Å². The standard InChI is InChI=1S/C24H32N4O2/c1-29-23-5-3-2-4-21(23)22-6-7-24(27-26-22)25-20-12-18-15-28(16-19(18)13-20)14-17-8-10-30-11-9-17/h2-7,17-20H,8-16H2,1H3,(H,25,27). The summed E-state index contributed by atoms with van der Waals surface area (Å²) in [7, 11) is 1.68. The van der Waals surface area contributed by atoms with E-state index in [1.54, 1.807) is 7.11 Å². The van der Waals surface area contributed by atoms with E-state index in [0.29, 0.717) is 6.04 Å². The summed E-state index contributed by atoms with van der Waals surface area (Å²) in [6.45, 7) is 5.70. The summed E-state index contributed by atoms with van der Waals surface area (Å²) >= 11 is 0. The fourth-order valence-corrected chi connectivity index (χ4v) is 5.58. The average Bonchev–Trinajstić information content (AvgIpc) is 3.33. The van der Waals surface area contributed by atoms with E-state index in [1.165, 1.54) is 45.3 Å². The molecule has 6 heteroatoms. The van der Waals surface area contributed by atoms with Crippen LogP contribution in [-0.4, -0.2) is 61.1 Å². The molecule has 2 saturated heterocycles. The lowest BCUT2D eigenvalue weighted by molar-refractivity contribution is 0.0545. The van der Waals surface area contributed by atoms with Crippen LogP contribution in [0.25, 0.3) is 11.3 Å². The molecule has 1 aromatic carbocycles. The highest BCUT2D eigenvalue weighted by molar-refractivity contribution is 5.67. The summed E-state index contributed by atoms with van der Waals surface area (Å²) in [6.07, 6.45) is 4.95. The van der Waals surface area contributed by atoms with Gasteiger partial charge in [-0.25, -0.2) is 0 Å². The molecule has 1 N–H and O–H groups in total. The SMILES string of the molecule is COc1ccccc1-c1ccc(NC2CC3CN(CC4CCOCC4)CC3C2)nn1. The van der Waals surface area contributed by atoms with Crippen LogP contribution in [0, 0.1) is 17.8 Å². The lowest BCUT2D eigenvalue weighted by atomic mass is 10.00. The zero-order chi connectivity index (χ0) is 20.3. The number of fused-ring (bicyclic) bond motifs is 1. The Balaban J connectivity index is 1.14. The van der Waals surface area contributed by atoms with Crippen molar-refractivity contribution in [1.82, 2.24) is 15.1 Å². The van der Waals surface area contributed by atoms with Gasteiger partial charge in [-0.05, 0) is 67.7 Å². The first-order chi connectivity index (χ1) is 14.8. The van der Waals surface area contributed by atoms with Crippen molar-refractivity contribution in [1.29, 1.82) is 0 Å². The van der Waals surface area contributed by atoms with E-state index < -0.39 is 0 Å². The van der Waals surface area contributed by atoms with Crippen LogP contribution in [-0.2, 0) is 4.74 Å². The number of methoxy groups -OCH3 is 1. The highest BCUT2D eigenvalue weighted by atomic mass is 16.5. The number of anilines is 1. The smallest absolute Gasteiger partial charge is 0.148 e. The van der Waals surface area contributed by atoms with Gasteiger partial charge in [0.1, 0.15) is 11.6 Å². The minimum absolute atomic E-state index is 0.511. The second-order valence-electron chi connectivity index (χ2n) is 9.11. The lowest BCUT2D eigenvalue weighted by Crippen LogP contribution is -2.32. The fourth-order valence-electron chi connectivity index (χ4n) is 5.58. The molecule has 1 aromatic heterocycles. The summed E-state index contributed by atoms with van der Waals surface area (Å²) in [6, 6.07) is 12.5. The topological polar surface area (TPSA) is 59.5 Å². The Hall–Kier alpha value is -2.18. The van der Waals surface area contributed by atoms with Gasteiger partial charge in [0.25, 0.3) is 0 Å². The summed E-state index contributed by atoms with van der Waals surface area (Å²) in [5, 5.41) is 12.5. The van der Waals surface area contributed by atoms with E-state index in [2.05, 4.69) is 20.4 Å². The number of nitrogens with zero attached hydrogens (tertiary/aromatic N) is 3. The number of hydrogen-bond acceptors (Lipinski definition) is 6. The fraction of sp³-hybridized carbons (Fsp3) is 0.583. The molecule has 2 unspecified atom stereocenters. The number of ether oxygens (including phenoxy) is 2. The maximum atomic E-state index is 5.51. The third kappa shape index (κ3) is 4.30. The molecule has 1 aliphatic carbocycles. The van der Waals surface area contributed by atoms with E-state index in [-0.39, 0.29) is 0 Å². The van der Waals surface area contributed by atoms with E-state index >= 15 is 0 Å². The van der Waals surface area contributed by atoms with Crippen LogP contribution in [0.1, 0.15) is 25.7 Å². The zero-order valence-electron chi connectivity index (χ0n) is 17.8. The normalized spacial score (nSPS) is 27.2.